The fourth-order valence-electron chi connectivity index (χ4n) is 3.89. The number of hydrogen-bond acceptors (Lipinski definition) is 11. The molecule has 11 heteroatoms. The standard InChI is InChI=1S/C23H26O11/c1-11(26)17-13-8-12(6-4-3-5-7-24)32-22(30)18(13)15(9-14(17)31-2)33-23-21(29)20(28)19(27)16(10-25)34-23/h3-7,9,12,16,19-21,23,25,27-29H,8,10H2,1-2H3/t12-,16-,19-,20+,21-,23-/m1/s1. The van der Waals surface area contributed by atoms with Crippen LogP contribution in [0.15, 0.2) is 30.4 Å². The van der Waals surface area contributed by atoms with Gasteiger partial charge in [-0.15, -0.1) is 0 Å². The first kappa shape index (κ1) is 25.5. The van der Waals surface area contributed by atoms with Gasteiger partial charge in [-0.3, -0.25) is 9.59 Å². The van der Waals surface area contributed by atoms with Crippen molar-refractivity contribution >= 4 is 18.0 Å². The molecule has 0 radical (unpaired) electrons. The summed E-state index contributed by atoms with van der Waals surface area (Å²) in [7, 11) is 1.33. The fraction of sp³-hybridized carbons (Fsp3) is 0.435. The smallest absolute Gasteiger partial charge is 0.342 e. The molecule has 2 heterocycles. The monoisotopic (exact) mass is 478 g/mol. The van der Waals surface area contributed by atoms with Gasteiger partial charge in [-0.25, -0.2) is 4.79 Å². The zero-order valence-electron chi connectivity index (χ0n) is 18.5. The molecule has 1 aromatic rings. The van der Waals surface area contributed by atoms with E-state index in [2.05, 4.69) is 0 Å². The second-order valence-electron chi connectivity index (χ2n) is 7.73. The number of aldehydes is 1. The molecule has 0 aliphatic carbocycles. The maximum absolute atomic E-state index is 12.9. The van der Waals surface area contributed by atoms with Crippen molar-refractivity contribution < 1.29 is 53.8 Å². The number of aliphatic hydroxyl groups is 4. The van der Waals surface area contributed by atoms with E-state index in [9.17, 15) is 34.8 Å². The van der Waals surface area contributed by atoms with E-state index in [4.69, 9.17) is 18.9 Å². The molecule has 0 aromatic heterocycles. The lowest BCUT2D eigenvalue weighted by atomic mass is 9.90. The lowest BCUT2D eigenvalue weighted by molar-refractivity contribution is -0.277. The minimum absolute atomic E-state index is 0.0870. The number of cyclic esters (lactones) is 1. The number of ether oxygens (including phenoxy) is 4. The Balaban J connectivity index is 2.04. The first-order valence-corrected chi connectivity index (χ1v) is 10.4. The van der Waals surface area contributed by atoms with Crippen LogP contribution < -0.4 is 9.47 Å². The summed E-state index contributed by atoms with van der Waals surface area (Å²) in [6, 6.07) is 1.27. The van der Waals surface area contributed by atoms with Crippen LogP contribution in [0.5, 0.6) is 11.5 Å². The lowest BCUT2D eigenvalue weighted by Crippen LogP contribution is -2.60. The molecule has 184 valence electrons. The number of aliphatic hydroxyl groups excluding tert-OH is 4. The number of carbonyl (C=O) groups is 3. The quantitative estimate of drug-likeness (QED) is 0.125. The third kappa shape index (κ3) is 5.03. The van der Waals surface area contributed by atoms with Crippen LogP contribution in [0.25, 0.3) is 0 Å². The molecule has 0 amide bonds. The van der Waals surface area contributed by atoms with E-state index in [0.29, 0.717) is 6.29 Å². The topological polar surface area (TPSA) is 169 Å². The van der Waals surface area contributed by atoms with Crippen molar-refractivity contribution in [2.75, 3.05) is 13.7 Å². The Labute approximate surface area is 194 Å². The first-order chi connectivity index (χ1) is 16.2. The zero-order chi connectivity index (χ0) is 25.0. The van der Waals surface area contributed by atoms with E-state index in [-0.39, 0.29) is 40.4 Å². The molecular formula is C23H26O11. The van der Waals surface area contributed by atoms with E-state index in [1.165, 1.54) is 38.3 Å². The minimum atomic E-state index is -1.72. The van der Waals surface area contributed by atoms with Crippen molar-refractivity contribution in [2.45, 2.75) is 50.2 Å². The van der Waals surface area contributed by atoms with Crippen molar-refractivity contribution in [3.8, 4) is 11.5 Å². The molecule has 1 fully saturated rings. The summed E-state index contributed by atoms with van der Waals surface area (Å²) in [6.45, 7) is 0.651. The first-order valence-electron chi connectivity index (χ1n) is 10.4. The Kier molecular flexibility index (Phi) is 8.18. The zero-order valence-corrected chi connectivity index (χ0v) is 18.5. The molecule has 0 unspecified atom stereocenters. The van der Waals surface area contributed by atoms with Crippen LogP contribution in [0.2, 0.25) is 0 Å². The van der Waals surface area contributed by atoms with Crippen molar-refractivity contribution in [3.63, 3.8) is 0 Å². The number of fused-ring (bicyclic) bond motifs is 1. The molecule has 1 aromatic carbocycles. The SMILES string of the molecule is COc1cc(O[C@@H]2O[C@H](CO)[C@@H](O)[C@H](O)[C@H]2O)c2c(c1C(C)=O)C[C@@H](C=CC=CC=O)OC2=O. The highest BCUT2D eigenvalue weighted by Gasteiger charge is 2.45. The van der Waals surface area contributed by atoms with Crippen molar-refractivity contribution in [1.82, 2.24) is 0 Å². The average Bonchev–Trinajstić information content (AvgIpc) is 2.81. The minimum Gasteiger partial charge on any atom is -0.496 e. The van der Waals surface area contributed by atoms with Gasteiger partial charge in [0.25, 0.3) is 0 Å². The summed E-state index contributed by atoms with van der Waals surface area (Å²) in [5, 5.41) is 39.7. The number of allylic oxidation sites excluding steroid dienone is 3. The molecule has 0 spiro atoms. The normalized spacial score (nSPS) is 29.1. The molecule has 2 aliphatic rings. The highest BCUT2D eigenvalue weighted by molar-refractivity contribution is 6.05. The number of carbonyl (C=O) groups excluding carboxylic acids is 3. The number of hydrogen-bond donors (Lipinski definition) is 4. The summed E-state index contributed by atoms with van der Waals surface area (Å²) in [6.07, 6.45) is -2.07. The van der Waals surface area contributed by atoms with Gasteiger partial charge in [0.1, 0.15) is 53.9 Å². The van der Waals surface area contributed by atoms with Gasteiger partial charge >= 0.3 is 5.97 Å². The van der Waals surface area contributed by atoms with Crippen LogP contribution in [-0.4, -0.2) is 89.0 Å². The van der Waals surface area contributed by atoms with Gasteiger partial charge < -0.3 is 39.4 Å². The molecule has 3 rings (SSSR count). The van der Waals surface area contributed by atoms with Crippen molar-refractivity contribution in [3.05, 3.63) is 47.1 Å². The van der Waals surface area contributed by atoms with Crippen LogP contribution >= 0.6 is 0 Å². The van der Waals surface area contributed by atoms with Gasteiger partial charge in [-0.2, -0.15) is 0 Å². The predicted octanol–water partition coefficient (Wildman–Crippen LogP) is -0.531. The van der Waals surface area contributed by atoms with E-state index in [1.54, 1.807) is 6.08 Å². The Morgan fingerprint density at radius 2 is 1.88 bits per heavy atom. The fourth-order valence-corrected chi connectivity index (χ4v) is 3.89. The largest absolute Gasteiger partial charge is 0.496 e. The molecular weight excluding hydrogens is 452 g/mol. The highest BCUT2D eigenvalue weighted by Crippen LogP contribution is 2.39. The van der Waals surface area contributed by atoms with Crippen LogP contribution in [0.3, 0.4) is 0 Å². The Morgan fingerprint density at radius 1 is 1.15 bits per heavy atom. The maximum atomic E-state index is 12.9. The number of Topliss-reactive ketones (excluding diaryl/α,β-unsaturated/α-hetero) is 1. The molecule has 0 bridgehead atoms. The Bertz CT molecular complexity index is 997. The van der Waals surface area contributed by atoms with Crippen molar-refractivity contribution in [1.29, 1.82) is 0 Å². The summed E-state index contributed by atoms with van der Waals surface area (Å²) >= 11 is 0. The highest BCUT2D eigenvalue weighted by atomic mass is 16.7. The van der Waals surface area contributed by atoms with Crippen LogP contribution in [-0.2, 0) is 20.7 Å². The average molecular weight is 478 g/mol. The van der Waals surface area contributed by atoms with Crippen LogP contribution in [0, 0.1) is 0 Å². The van der Waals surface area contributed by atoms with Gasteiger partial charge in [0, 0.05) is 12.5 Å². The Morgan fingerprint density at radius 3 is 2.50 bits per heavy atom. The molecule has 1 saturated heterocycles. The molecule has 0 saturated carbocycles. The molecule has 11 nitrogen and oxygen atoms in total. The molecule has 2 aliphatic heterocycles. The lowest BCUT2D eigenvalue weighted by Gasteiger charge is -2.40. The number of rotatable bonds is 8. The van der Waals surface area contributed by atoms with Crippen molar-refractivity contribution in [2.24, 2.45) is 0 Å². The van der Waals surface area contributed by atoms with Crippen LogP contribution in [0.1, 0.15) is 33.2 Å². The third-order valence-electron chi connectivity index (χ3n) is 5.52. The number of esters is 1. The summed E-state index contributed by atoms with van der Waals surface area (Å²) in [5.41, 5.74) is 0.352. The summed E-state index contributed by atoms with van der Waals surface area (Å²) < 4.78 is 21.8. The number of benzene rings is 1. The van der Waals surface area contributed by atoms with Gasteiger partial charge in [-0.05, 0) is 24.6 Å². The second-order valence-corrected chi connectivity index (χ2v) is 7.73. The molecule has 34 heavy (non-hydrogen) atoms. The van der Waals surface area contributed by atoms with Gasteiger partial charge in [0.2, 0.25) is 6.29 Å². The summed E-state index contributed by atoms with van der Waals surface area (Å²) in [5.74, 6) is -1.23. The predicted molar refractivity (Wildman–Crippen MR) is 115 cm³/mol. The Hall–Kier alpha value is -3.09. The summed E-state index contributed by atoms with van der Waals surface area (Å²) in [4.78, 5) is 35.8. The number of ketones is 1. The van der Waals surface area contributed by atoms with E-state index in [1.807, 2.05) is 0 Å². The van der Waals surface area contributed by atoms with E-state index in [0.717, 1.165) is 0 Å². The molecule has 6 atom stereocenters. The van der Waals surface area contributed by atoms with Gasteiger partial charge in [0.05, 0.1) is 19.3 Å². The number of methoxy groups -OCH3 is 1. The third-order valence-corrected chi connectivity index (χ3v) is 5.52. The maximum Gasteiger partial charge on any atom is 0.342 e. The van der Waals surface area contributed by atoms with E-state index >= 15 is 0 Å². The molecule has 4 N–H and O–H groups in total. The van der Waals surface area contributed by atoms with Crippen LogP contribution in [0.4, 0.5) is 0 Å². The van der Waals surface area contributed by atoms with Gasteiger partial charge in [0.15, 0.2) is 5.78 Å². The van der Waals surface area contributed by atoms with E-state index < -0.39 is 49.4 Å². The van der Waals surface area contributed by atoms with Gasteiger partial charge in [-0.1, -0.05) is 12.2 Å². The second kappa shape index (κ2) is 10.9.